The van der Waals surface area contributed by atoms with Crippen LogP contribution in [0.3, 0.4) is 0 Å². The number of carbonyl (C=O) groups is 4. The van der Waals surface area contributed by atoms with Crippen molar-refractivity contribution >= 4 is 29.8 Å². The predicted molar refractivity (Wildman–Crippen MR) is 185 cm³/mol. The van der Waals surface area contributed by atoms with Gasteiger partial charge in [-0.25, -0.2) is 4.79 Å². The highest BCUT2D eigenvalue weighted by Crippen LogP contribution is 2.23. The van der Waals surface area contributed by atoms with Gasteiger partial charge in [0.05, 0.1) is 7.11 Å². The number of carboxylic acids is 1. The van der Waals surface area contributed by atoms with Crippen molar-refractivity contribution in [2.24, 2.45) is 0 Å². The maximum atomic E-state index is 13.3. The minimum Gasteiger partial charge on any atom is -0.475 e. The van der Waals surface area contributed by atoms with Crippen LogP contribution in [0, 0.1) is 0 Å². The second-order valence-electron chi connectivity index (χ2n) is 11.8. The lowest BCUT2D eigenvalue weighted by Gasteiger charge is -2.22. The molecule has 1 heterocycles. The van der Waals surface area contributed by atoms with Gasteiger partial charge in [-0.3, -0.25) is 14.4 Å². The van der Waals surface area contributed by atoms with E-state index >= 15 is 0 Å². The maximum Gasteiger partial charge on any atom is 0.490 e. The van der Waals surface area contributed by atoms with Crippen LogP contribution in [0.1, 0.15) is 60.0 Å². The van der Waals surface area contributed by atoms with Gasteiger partial charge in [-0.2, -0.15) is 13.2 Å². The van der Waals surface area contributed by atoms with Crippen LogP contribution in [0.15, 0.2) is 84.9 Å². The van der Waals surface area contributed by atoms with E-state index in [1.54, 1.807) is 6.08 Å². The van der Waals surface area contributed by atoms with Crippen LogP contribution in [0.25, 0.3) is 17.2 Å². The molecule has 2 N–H and O–H groups in total. The Kier molecular flexibility index (Phi) is 16.2. The van der Waals surface area contributed by atoms with Crippen LogP contribution in [-0.2, 0) is 25.7 Å². The van der Waals surface area contributed by atoms with E-state index in [9.17, 15) is 27.6 Å². The molecular weight excluding hydrogens is 651 g/mol. The van der Waals surface area contributed by atoms with Crippen LogP contribution in [0.5, 0.6) is 0 Å². The maximum absolute atomic E-state index is 13.3. The minimum atomic E-state index is -5.08. The Balaban J connectivity index is 0.000000872. The number of amides is 2. The first-order valence-electron chi connectivity index (χ1n) is 16.5. The zero-order valence-electron chi connectivity index (χ0n) is 28.2. The van der Waals surface area contributed by atoms with Crippen LogP contribution in [0.2, 0.25) is 0 Å². The second kappa shape index (κ2) is 20.5. The summed E-state index contributed by atoms with van der Waals surface area (Å²) in [5.41, 5.74) is 4.57. The third kappa shape index (κ3) is 14.3. The molecule has 50 heavy (non-hydrogen) atoms. The molecule has 0 spiro atoms. The Hall–Kier alpha value is -4.97. The van der Waals surface area contributed by atoms with Crippen LogP contribution >= 0.6 is 0 Å². The van der Waals surface area contributed by atoms with E-state index in [1.807, 2.05) is 83.8 Å². The number of nitrogens with one attached hydrogen (secondary N) is 1. The summed E-state index contributed by atoms with van der Waals surface area (Å²) < 4.78 is 36.5. The third-order valence-corrected chi connectivity index (χ3v) is 7.98. The molecule has 12 heteroatoms. The lowest BCUT2D eigenvalue weighted by Crippen LogP contribution is -2.33. The fourth-order valence-corrected chi connectivity index (χ4v) is 5.30. The Morgan fingerprint density at radius 3 is 2.22 bits per heavy atom. The number of ether oxygens (including phenoxy) is 1. The number of likely N-dealkylation sites (tertiary alicyclic amines) is 1. The molecule has 0 atom stereocenters. The topological polar surface area (TPSA) is 116 Å². The summed E-state index contributed by atoms with van der Waals surface area (Å²) in [5, 5.41) is 10.2. The fraction of sp³-hybridized carbons (Fsp3) is 0.368. The highest BCUT2D eigenvalue weighted by molar-refractivity contribution is 5.95. The molecule has 0 saturated carbocycles. The third-order valence-electron chi connectivity index (χ3n) is 7.98. The van der Waals surface area contributed by atoms with Gasteiger partial charge in [0.1, 0.15) is 0 Å². The first-order valence-corrected chi connectivity index (χ1v) is 16.5. The Bertz CT molecular complexity index is 1570. The molecule has 268 valence electrons. The summed E-state index contributed by atoms with van der Waals surface area (Å²) >= 11 is 0. The summed E-state index contributed by atoms with van der Waals surface area (Å²) in [4.78, 5) is 50.7. The monoisotopic (exact) mass is 695 g/mol. The number of benzene rings is 3. The molecule has 0 radical (unpaired) electrons. The number of carbonyl (C=O) groups excluding carboxylic acids is 3. The van der Waals surface area contributed by atoms with E-state index in [1.165, 1.54) is 20.0 Å². The number of methoxy groups -OCH3 is 1. The summed E-state index contributed by atoms with van der Waals surface area (Å²) in [6.45, 7) is 4.79. The molecule has 0 unspecified atom stereocenters. The molecule has 1 saturated heterocycles. The molecule has 3 aromatic carbocycles. The van der Waals surface area contributed by atoms with Crippen molar-refractivity contribution in [3.8, 4) is 11.1 Å². The molecule has 3 aromatic rings. The van der Waals surface area contributed by atoms with Crippen molar-refractivity contribution in [2.75, 3.05) is 39.8 Å². The van der Waals surface area contributed by atoms with Gasteiger partial charge >= 0.3 is 18.1 Å². The van der Waals surface area contributed by atoms with Crippen molar-refractivity contribution in [3.63, 3.8) is 0 Å². The summed E-state index contributed by atoms with van der Waals surface area (Å²) in [6.07, 6.45) is 3.59. The van der Waals surface area contributed by atoms with Gasteiger partial charge < -0.3 is 25.0 Å². The Morgan fingerprint density at radius 1 is 0.900 bits per heavy atom. The smallest absolute Gasteiger partial charge is 0.475 e. The number of hydrogen-bond donors (Lipinski definition) is 2. The first-order chi connectivity index (χ1) is 24.0. The van der Waals surface area contributed by atoms with Gasteiger partial charge in [-0.1, -0.05) is 67.1 Å². The van der Waals surface area contributed by atoms with Gasteiger partial charge in [0.25, 0.3) is 5.91 Å². The molecule has 9 nitrogen and oxygen atoms in total. The zero-order valence-corrected chi connectivity index (χ0v) is 28.2. The summed E-state index contributed by atoms with van der Waals surface area (Å²) in [7, 11) is 1.40. The molecular formula is C38H44F3N3O6. The van der Waals surface area contributed by atoms with E-state index in [4.69, 9.17) is 14.6 Å². The molecule has 1 fully saturated rings. The van der Waals surface area contributed by atoms with E-state index in [0.29, 0.717) is 31.6 Å². The summed E-state index contributed by atoms with van der Waals surface area (Å²) in [6, 6.07) is 25.6. The number of hydrogen-bond acceptors (Lipinski definition) is 6. The van der Waals surface area contributed by atoms with Gasteiger partial charge in [0, 0.05) is 44.2 Å². The van der Waals surface area contributed by atoms with E-state index in [2.05, 4.69) is 16.3 Å². The number of alkyl halides is 3. The van der Waals surface area contributed by atoms with Crippen molar-refractivity contribution in [3.05, 3.63) is 102 Å². The van der Waals surface area contributed by atoms with Crippen molar-refractivity contribution in [2.45, 2.75) is 51.2 Å². The SMILES string of the molecule is COC(=O)CCCCCN(Cc1cccc(-c2cccc(C(=O)NCCN3CCCC3)c2)c1)C(=O)C=Cc1ccccc1.O=C(O)C(F)(F)F. The van der Waals surface area contributed by atoms with Gasteiger partial charge in [-0.15, -0.1) is 0 Å². The number of unbranched alkanes of at least 4 members (excludes halogenated alkanes) is 2. The summed E-state index contributed by atoms with van der Waals surface area (Å²) in [5.74, 6) is -3.09. The molecule has 0 bridgehead atoms. The number of esters is 1. The number of aliphatic carboxylic acids is 1. The van der Waals surface area contributed by atoms with Crippen molar-refractivity contribution < 1.29 is 42.2 Å². The number of rotatable bonds is 15. The van der Waals surface area contributed by atoms with E-state index in [-0.39, 0.29) is 17.8 Å². The molecule has 0 aromatic heterocycles. The largest absolute Gasteiger partial charge is 0.490 e. The quantitative estimate of drug-likeness (QED) is 0.105. The molecule has 2 amide bonds. The highest BCUT2D eigenvalue weighted by atomic mass is 19.4. The average molecular weight is 696 g/mol. The highest BCUT2D eigenvalue weighted by Gasteiger charge is 2.38. The standard InChI is InChI=1S/C36H43N3O4.C2HF3O2/c1-43-35(41)18-6-3-7-24-39(34(40)20-19-29-12-4-2-5-13-29)28-30-14-10-15-31(26-30)32-16-11-17-33(27-32)36(42)37-21-25-38-22-8-9-23-38;3-2(4,5)1(6)7/h2,4-5,10-17,19-20,26-27H,3,6-9,18,21-25,28H2,1H3,(H,37,42);(H,6,7). The van der Waals surface area contributed by atoms with Crippen molar-refractivity contribution in [1.29, 1.82) is 0 Å². The predicted octanol–water partition coefficient (Wildman–Crippen LogP) is 6.59. The van der Waals surface area contributed by atoms with Crippen LogP contribution in [0.4, 0.5) is 13.2 Å². The molecule has 4 rings (SSSR count). The minimum absolute atomic E-state index is 0.0603. The zero-order chi connectivity index (χ0) is 36.4. The van der Waals surface area contributed by atoms with Gasteiger partial charge in [0.2, 0.25) is 5.91 Å². The normalized spacial score (nSPS) is 13.0. The Labute approximate surface area is 290 Å². The molecule has 0 aliphatic carbocycles. The number of nitrogens with zero attached hydrogens (tertiary/aromatic N) is 2. The van der Waals surface area contributed by atoms with Crippen molar-refractivity contribution in [1.82, 2.24) is 15.1 Å². The molecule has 1 aliphatic heterocycles. The first kappa shape index (κ1) is 39.5. The van der Waals surface area contributed by atoms with E-state index < -0.39 is 12.1 Å². The van der Waals surface area contributed by atoms with Crippen LogP contribution < -0.4 is 5.32 Å². The number of carboxylic acid groups (broad SMARTS) is 1. The van der Waals surface area contributed by atoms with Crippen LogP contribution in [-0.4, -0.2) is 84.7 Å². The van der Waals surface area contributed by atoms with Gasteiger partial charge in [-0.05, 0) is 85.3 Å². The Morgan fingerprint density at radius 2 is 1.56 bits per heavy atom. The fourth-order valence-electron chi connectivity index (χ4n) is 5.30. The van der Waals surface area contributed by atoms with E-state index in [0.717, 1.165) is 61.2 Å². The number of halogens is 3. The lowest BCUT2D eigenvalue weighted by molar-refractivity contribution is -0.192. The van der Waals surface area contributed by atoms with Gasteiger partial charge in [0.15, 0.2) is 0 Å². The lowest BCUT2D eigenvalue weighted by atomic mass is 10.0. The second-order valence-corrected chi connectivity index (χ2v) is 11.8. The molecule has 1 aliphatic rings. The average Bonchev–Trinajstić information content (AvgIpc) is 3.64.